The lowest BCUT2D eigenvalue weighted by molar-refractivity contribution is -0.129. The van der Waals surface area contributed by atoms with Gasteiger partial charge in [-0.1, -0.05) is 0 Å². The van der Waals surface area contributed by atoms with E-state index in [0.29, 0.717) is 13.2 Å². The molecule has 1 heterocycles. The first-order chi connectivity index (χ1) is 5.61. The molecule has 1 rings (SSSR count). The Morgan fingerprint density at radius 1 is 1.67 bits per heavy atom. The first kappa shape index (κ1) is 8.83. The second-order valence-corrected chi connectivity index (χ2v) is 2.82. The second-order valence-electron chi connectivity index (χ2n) is 2.82. The third kappa shape index (κ3) is 1.87. The van der Waals surface area contributed by atoms with Crippen LogP contribution in [-0.2, 0) is 9.53 Å². The Morgan fingerprint density at radius 3 is 2.75 bits per heavy atom. The van der Waals surface area contributed by atoms with Crippen LogP contribution < -0.4 is 0 Å². The van der Waals surface area contributed by atoms with Crippen LogP contribution in [0.3, 0.4) is 0 Å². The fraction of sp³-hybridized carbons (Fsp3) is 0.714. The topological polar surface area (TPSA) is 49.9 Å². The summed E-state index contributed by atoms with van der Waals surface area (Å²) in [7, 11) is 3.31. The Hall–Kier alpha value is -1.26. The number of likely N-dealkylation sites (N-methyl/N-ethyl adjacent to an activating group) is 1. The zero-order valence-corrected chi connectivity index (χ0v) is 7.24. The first-order valence-electron chi connectivity index (χ1n) is 3.73. The van der Waals surface area contributed by atoms with Crippen LogP contribution in [0.15, 0.2) is 0 Å². The quantitative estimate of drug-likeness (QED) is 0.565. The van der Waals surface area contributed by atoms with Gasteiger partial charge in [0.1, 0.15) is 13.2 Å². The van der Waals surface area contributed by atoms with Crippen LogP contribution >= 0.6 is 0 Å². The lowest BCUT2D eigenvalue weighted by atomic mass is 10.5. The van der Waals surface area contributed by atoms with E-state index in [4.69, 9.17) is 0 Å². The van der Waals surface area contributed by atoms with E-state index in [1.807, 2.05) is 0 Å². The van der Waals surface area contributed by atoms with Gasteiger partial charge in [0.05, 0.1) is 6.54 Å². The molecule has 0 N–H and O–H groups in total. The molecule has 1 aliphatic rings. The molecule has 0 spiro atoms. The first-order valence-corrected chi connectivity index (χ1v) is 3.73. The van der Waals surface area contributed by atoms with Gasteiger partial charge in [-0.3, -0.25) is 9.69 Å². The van der Waals surface area contributed by atoms with Crippen LogP contribution in [0, 0.1) is 0 Å². The van der Waals surface area contributed by atoms with Gasteiger partial charge in [0.15, 0.2) is 0 Å². The maximum Gasteiger partial charge on any atom is 0.410 e. The van der Waals surface area contributed by atoms with Crippen molar-refractivity contribution in [3.63, 3.8) is 0 Å². The van der Waals surface area contributed by atoms with Gasteiger partial charge < -0.3 is 9.64 Å². The Labute approximate surface area is 70.9 Å². The van der Waals surface area contributed by atoms with E-state index in [0.717, 1.165) is 0 Å². The third-order valence-electron chi connectivity index (χ3n) is 1.67. The van der Waals surface area contributed by atoms with E-state index in [1.54, 1.807) is 14.1 Å². The van der Waals surface area contributed by atoms with Crippen molar-refractivity contribution in [1.29, 1.82) is 0 Å². The lowest BCUT2D eigenvalue weighted by Gasteiger charge is -2.15. The van der Waals surface area contributed by atoms with E-state index in [2.05, 4.69) is 4.74 Å². The molecule has 0 bridgehead atoms. The normalized spacial score (nSPS) is 16.2. The summed E-state index contributed by atoms with van der Waals surface area (Å²) >= 11 is 0. The highest BCUT2D eigenvalue weighted by Gasteiger charge is 2.24. The standard InChI is InChI=1S/C7H12N2O3/c1-8(2)6(10)5-9-3-4-12-7(9)11/h3-5H2,1-2H3. The van der Waals surface area contributed by atoms with Crippen molar-refractivity contribution in [3.05, 3.63) is 0 Å². The van der Waals surface area contributed by atoms with Crippen molar-refractivity contribution in [2.45, 2.75) is 0 Å². The molecular weight excluding hydrogens is 160 g/mol. The molecule has 0 aliphatic carbocycles. The molecule has 0 unspecified atom stereocenters. The zero-order chi connectivity index (χ0) is 9.14. The van der Waals surface area contributed by atoms with Gasteiger partial charge in [-0.2, -0.15) is 0 Å². The Balaban J connectivity index is 2.40. The highest BCUT2D eigenvalue weighted by atomic mass is 16.6. The minimum Gasteiger partial charge on any atom is -0.448 e. The van der Waals surface area contributed by atoms with Gasteiger partial charge in [-0.05, 0) is 0 Å². The summed E-state index contributed by atoms with van der Waals surface area (Å²) in [5.74, 6) is -0.0890. The Morgan fingerprint density at radius 2 is 2.33 bits per heavy atom. The Bertz CT molecular complexity index is 203. The van der Waals surface area contributed by atoms with Gasteiger partial charge in [-0.15, -0.1) is 0 Å². The van der Waals surface area contributed by atoms with Gasteiger partial charge in [0.2, 0.25) is 5.91 Å². The second kappa shape index (κ2) is 3.42. The molecule has 0 atom stereocenters. The molecule has 1 fully saturated rings. The van der Waals surface area contributed by atoms with E-state index < -0.39 is 6.09 Å². The molecular formula is C7H12N2O3. The van der Waals surface area contributed by atoms with Gasteiger partial charge in [0.25, 0.3) is 0 Å². The molecule has 0 aromatic heterocycles. The molecule has 1 aliphatic heterocycles. The van der Waals surface area contributed by atoms with Crippen molar-refractivity contribution in [2.24, 2.45) is 0 Å². The van der Waals surface area contributed by atoms with E-state index in [1.165, 1.54) is 9.80 Å². The number of amides is 2. The smallest absolute Gasteiger partial charge is 0.410 e. The predicted molar refractivity (Wildman–Crippen MR) is 41.6 cm³/mol. The molecule has 0 radical (unpaired) electrons. The maximum absolute atomic E-state index is 11.1. The highest BCUT2D eigenvalue weighted by Crippen LogP contribution is 2.02. The third-order valence-corrected chi connectivity index (χ3v) is 1.67. The minimum atomic E-state index is -0.398. The number of rotatable bonds is 2. The number of carbonyl (C=O) groups is 2. The van der Waals surface area contributed by atoms with Crippen LogP contribution in [0.5, 0.6) is 0 Å². The van der Waals surface area contributed by atoms with Crippen molar-refractivity contribution < 1.29 is 14.3 Å². The van der Waals surface area contributed by atoms with Crippen LogP contribution in [0.4, 0.5) is 4.79 Å². The summed E-state index contributed by atoms with van der Waals surface area (Å²) < 4.78 is 4.66. The van der Waals surface area contributed by atoms with Crippen molar-refractivity contribution in [3.8, 4) is 0 Å². The van der Waals surface area contributed by atoms with Gasteiger partial charge in [-0.25, -0.2) is 4.79 Å². The summed E-state index contributed by atoms with van der Waals surface area (Å²) in [6.07, 6.45) is -0.398. The highest BCUT2D eigenvalue weighted by molar-refractivity contribution is 5.82. The predicted octanol–water partition coefficient (Wildman–Crippen LogP) is -0.473. The number of hydrogen-bond acceptors (Lipinski definition) is 3. The van der Waals surface area contributed by atoms with Crippen LogP contribution in [0.1, 0.15) is 0 Å². The number of ether oxygens (including phenoxy) is 1. The van der Waals surface area contributed by atoms with Crippen LogP contribution in [-0.4, -0.2) is 55.6 Å². The fourth-order valence-corrected chi connectivity index (χ4v) is 0.874. The monoisotopic (exact) mass is 172 g/mol. The average Bonchev–Trinajstić information content (AvgIpc) is 2.36. The summed E-state index contributed by atoms with van der Waals surface area (Å²) in [6, 6.07) is 0. The fourth-order valence-electron chi connectivity index (χ4n) is 0.874. The van der Waals surface area contributed by atoms with E-state index in [9.17, 15) is 9.59 Å². The molecule has 2 amide bonds. The number of carbonyl (C=O) groups excluding carboxylic acids is 2. The molecule has 12 heavy (non-hydrogen) atoms. The zero-order valence-electron chi connectivity index (χ0n) is 7.24. The number of hydrogen-bond donors (Lipinski definition) is 0. The molecule has 0 aromatic carbocycles. The number of cyclic esters (lactones) is 1. The molecule has 1 saturated heterocycles. The van der Waals surface area contributed by atoms with Crippen molar-refractivity contribution in [1.82, 2.24) is 9.80 Å². The minimum absolute atomic E-state index is 0.0890. The van der Waals surface area contributed by atoms with Crippen molar-refractivity contribution >= 4 is 12.0 Å². The Kier molecular flexibility index (Phi) is 2.52. The van der Waals surface area contributed by atoms with Gasteiger partial charge in [0, 0.05) is 14.1 Å². The van der Waals surface area contributed by atoms with Crippen molar-refractivity contribution in [2.75, 3.05) is 33.8 Å². The summed E-state index contributed by atoms with van der Waals surface area (Å²) in [5.41, 5.74) is 0. The maximum atomic E-state index is 11.1. The molecule has 5 heteroatoms. The van der Waals surface area contributed by atoms with Gasteiger partial charge >= 0.3 is 6.09 Å². The average molecular weight is 172 g/mol. The largest absolute Gasteiger partial charge is 0.448 e. The molecule has 5 nitrogen and oxygen atoms in total. The number of nitrogens with zero attached hydrogens (tertiary/aromatic N) is 2. The molecule has 0 saturated carbocycles. The summed E-state index contributed by atoms with van der Waals surface area (Å²) in [5, 5.41) is 0. The molecule has 68 valence electrons. The lowest BCUT2D eigenvalue weighted by Crippen LogP contribution is -2.36. The van der Waals surface area contributed by atoms with Crippen LogP contribution in [0.25, 0.3) is 0 Å². The summed E-state index contributed by atoms with van der Waals surface area (Å²) in [4.78, 5) is 24.8. The van der Waals surface area contributed by atoms with E-state index in [-0.39, 0.29) is 12.5 Å². The van der Waals surface area contributed by atoms with Crippen LogP contribution in [0.2, 0.25) is 0 Å². The SMILES string of the molecule is CN(C)C(=O)CN1CCOC1=O. The van der Waals surface area contributed by atoms with E-state index >= 15 is 0 Å². The molecule has 0 aromatic rings. The summed E-state index contributed by atoms with van der Waals surface area (Å²) in [6.45, 7) is 1.02.